The number of nitriles is 1. The quantitative estimate of drug-likeness (QED) is 0.628. The number of halogens is 2. The molecule has 0 saturated carbocycles. The highest BCUT2D eigenvalue weighted by atomic mass is 35.7. The van der Waals surface area contributed by atoms with Gasteiger partial charge in [-0.1, -0.05) is 11.6 Å². The molecular formula is C7H3Cl2NO2S2. The molecule has 7 heteroatoms. The Bertz CT molecular complexity index is 519. The summed E-state index contributed by atoms with van der Waals surface area (Å²) in [5.74, 6) is 0. The molecule has 0 saturated heterocycles. The first-order chi connectivity index (χ1) is 6.36. The van der Waals surface area contributed by atoms with E-state index in [0.29, 0.717) is 0 Å². The highest BCUT2D eigenvalue weighted by Crippen LogP contribution is 2.29. The third-order valence-corrected chi connectivity index (χ3v) is 3.59. The van der Waals surface area contributed by atoms with Crippen LogP contribution in [0.5, 0.6) is 0 Å². The lowest BCUT2D eigenvalue weighted by molar-refractivity contribution is 0.609. The van der Waals surface area contributed by atoms with Gasteiger partial charge in [0, 0.05) is 15.6 Å². The highest BCUT2D eigenvalue weighted by molar-refractivity contribution is 8.13. The van der Waals surface area contributed by atoms with Crippen LogP contribution in [0.3, 0.4) is 0 Å². The van der Waals surface area contributed by atoms with Crippen LogP contribution >= 0.6 is 34.9 Å². The molecule has 14 heavy (non-hydrogen) atoms. The Morgan fingerprint density at radius 3 is 2.43 bits per heavy atom. The first-order valence-corrected chi connectivity index (χ1v) is 6.37. The van der Waals surface area contributed by atoms with E-state index in [1.807, 2.05) is 6.07 Å². The summed E-state index contributed by atoms with van der Waals surface area (Å²) in [4.78, 5) is -0.0269. The van der Waals surface area contributed by atoms with Crippen LogP contribution in [0.25, 0.3) is 0 Å². The van der Waals surface area contributed by atoms with Crippen molar-refractivity contribution < 1.29 is 8.42 Å². The molecule has 0 radical (unpaired) electrons. The SMILES string of the molecule is N#Cc1cc(Cl)c(S(=O)(=O)Cl)cc1S. The van der Waals surface area contributed by atoms with Crippen LogP contribution < -0.4 is 0 Å². The summed E-state index contributed by atoms with van der Waals surface area (Å²) in [6, 6.07) is 4.17. The lowest BCUT2D eigenvalue weighted by Crippen LogP contribution is -1.93. The maximum Gasteiger partial charge on any atom is 0.262 e. The van der Waals surface area contributed by atoms with Crippen molar-refractivity contribution in [3.05, 3.63) is 22.7 Å². The summed E-state index contributed by atoms with van der Waals surface area (Å²) in [6.07, 6.45) is 0. The fourth-order valence-corrected chi connectivity index (χ4v) is 2.67. The van der Waals surface area contributed by atoms with Crippen LogP contribution in [-0.2, 0) is 9.05 Å². The topological polar surface area (TPSA) is 57.9 Å². The minimum Gasteiger partial charge on any atom is -0.207 e. The molecule has 1 aromatic carbocycles. The van der Waals surface area contributed by atoms with Gasteiger partial charge in [0.2, 0.25) is 0 Å². The minimum absolute atomic E-state index is 0.0886. The van der Waals surface area contributed by atoms with Crippen molar-refractivity contribution in [2.45, 2.75) is 9.79 Å². The Morgan fingerprint density at radius 2 is 2.00 bits per heavy atom. The zero-order valence-corrected chi connectivity index (χ0v) is 9.75. The molecule has 0 amide bonds. The van der Waals surface area contributed by atoms with Gasteiger partial charge >= 0.3 is 0 Å². The van der Waals surface area contributed by atoms with Gasteiger partial charge in [0.15, 0.2) is 0 Å². The number of benzene rings is 1. The highest BCUT2D eigenvalue weighted by Gasteiger charge is 2.16. The third kappa shape index (κ3) is 2.34. The van der Waals surface area contributed by atoms with E-state index in [1.165, 1.54) is 6.07 Å². The van der Waals surface area contributed by atoms with Gasteiger partial charge in [0.05, 0.1) is 10.6 Å². The number of hydrogen-bond acceptors (Lipinski definition) is 4. The summed E-state index contributed by atoms with van der Waals surface area (Å²) < 4.78 is 21.9. The van der Waals surface area contributed by atoms with Gasteiger partial charge in [0.25, 0.3) is 9.05 Å². The zero-order valence-electron chi connectivity index (χ0n) is 6.53. The minimum atomic E-state index is -3.90. The fourth-order valence-electron chi connectivity index (χ4n) is 0.819. The second-order valence-corrected chi connectivity index (χ2v) is 5.77. The molecule has 0 atom stereocenters. The molecule has 0 aliphatic rings. The van der Waals surface area contributed by atoms with E-state index < -0.39 is 9.05 Å². The van der Waals surface area contributed by atoms with Crippen LogP contribution in [0.15, 0.2) is 21.9 Å². The van der Waals surface area contributed by atoms with Crippen molar-refractivity contribution in [3.8, 4) is 6.07 Å². The Balaban J connectivity index is 3.54. The molecule has 0 heterocycles. The van der Waals surface area contributed by atoms with Crippen LogP contribution in [0.4, 0.5) is 0 Å². The summed E-state index contributed by atoms with van der Waals surface area (Å²) in [5.41, 5.74) is 0.197. The van der Waals surface area contributed by atoms with Crippen LogP contribution in [0.1, 0.15) is 5.56 Å². The second-order valence-electron chi connectivity index (χ2n) is 2.35. The van der Waals surface area contributed by atoms with Gasteiger partial charge in [-0.05, 0) is 12.1 Å². The molecule has 0 aliphatic heterocycles. The van der Waals surface area contributed by atoms with E-state index in [4.69, 9.17) is 27.5 Å². The Kier molecular flexibility index (Phi) is 3.32. The zero-order chi connectivity index (χ0) is 10.9. The van der Waals surface area contributed by atoms with Crippen LogP contribution in [0, 0.1) is 11.3 Å². The van der Waals surface area contributed by atoms with Crippen LogP contribution in [-0.4, -0.2) is 8.42 Å². The third-order valence-electron chi connectivity index (χ3n) is 1.43. The fraction of sp³-hybridized carbons (Fsp3) is 0. The monoisotopic (exact) mass is 267 g/mol. The van der Waals surface area contributed by atoms with Gasteiger partial charge < -0.3 is 0 Å². The average molecular weight is 268 g/mol. The number of hydrogen-bond donors (Lipinski definition) is 1. The molecule has 0 aliphatic carbocycles. The molecular weight excluding hydrogens is 265 g/mol. The standard InChI is InChI=1S/C7H3Cl2NO2S2/c8-5-1-4(3-10)6(13)2-7(5)14(9,11)12/h1-2,13H. The second kappa shape index (κ2) is 3.99. The number of nitrogens with zero attached hydrogens (tertiary/aromatic N) is 1. The van der Waals surface area contributed by atoms with E-state index in [2.05, 4.69) is 12.6 Å². The average Bonchev–Trinajstić information content (AvgIpc) is 2.06. The van der Waals surface area contributed by atoms with Gasteiger partial charge in [0.1, 0.15) is 11.0 Å². The number of rotatable bonds is 1. The van der Waals surface area contributed by atoms with Crippen molar-refractivity contribution in [2.24, 2.45) is 0 Å². The van der Waals surface area contributed by atoms with E-state index in [0.717, 1.165) is 6.07 Å². The molecule has 1 rings (SSSR count). The molecule has 0 fully saturated rings. The first kappa shape index (κ1) is 11.7. The van der Waals surface area contributed by atoms with Crippen molar-refractivity contribution in [3.63, 3.8) is 0 Å². The predicted molar refractivity (Wildman–Crippen MR) is 56.5 cm³/mol. The van der Waals surface area contributed by atoms with Gasteiger partial charge in [-0.15, -0.1) is 12.6 Å². The van der Waals surface area contributed by atoms with Crippen molar-refractivity contribution in [1.82, 2.24) is 0 Å². The lowest BCUT2D eigenvalue weighted by atomic mass is 10.2. The van der Waals surface area contributed by atoms with Gasteiger partial charge in [-0.3, -0.25) is 0 Å². The van der Waals surface area contributed by atoms with Gasteiger partial charge in [-0.2, -0.15) is 5.26 Å². The van der Waals surface area contributed by atoms with Crippen molar-refractivity contribution >= 4 is 44.0 Å². The molecule has 1 aromatic rings. The maximum atomic E-state index is 11.0. The molecule has 3 nitrogen and oxygen atoms in total. The van der Waals surface area contributed by atoms with E-state index >= 15 is 0 Å². The summed E-state index contributed by atoms with van der Waals surface area (Å²) >= 11 is 9.54. The Hall–Kier alpha value is -0.410. The molecule has 0 spiro atoms. The van der Waals surface area contributed by atoms with E-state index in [9.17, 15) is 8.42 Å². The summed E-state index contributed by atoms with van der Waals surface area (Å²) in [7, 11) is 1.20. The van der Waals surface area contributed by atoms with E-state index in [-0.39, 0.29) is 20.4 Å². The normalized spacial score (nSPS) is 11.0. The number of thiol groups is 1. The lowest BCUT2D eigenvalue weighted by Gasteiger charge is -2.02. The molecule has 0 bridgehead atoms. The smallest absolute Gasteiger partial charge is 0.207 e. The molecule has 0 unspecified atom stereocenters. The summed E-state index contributed by atoms with van der Waals surface area (Å²) in [6.45, 7) is 0. The van der Waals surface area contributed by atoms with Gasteiger partial charge in [-0.25, -0.2) is 8.42 Å². The Labute approximate surface area is 96.1 Å². The maximum absolute atomic E-state index is 11.0. The summed E-state index contributed by atoms with van der Waals surface area (Å²) in [5, 5.41) is 8.51. The Morgan fingerprint density at radius 1 is 1.43 bits per heavy atom. The van der Waals surface area contributed by atoms with E-state index in [1.54, 1.807) is 0 Å². The van der Waals surface area contributed by atoms with Crippen molar-refractivity contribution in [2.75, 3.05) is 0 Å². The largest absolute Gasteiger partial charge is 0.262 e. The predicted octanol–water partition coefficient (Wildman–Crippen LogP) is 2.43. The van der Waals surface area contributed by atoms with Crippen LogP contribution in [0.2, 0.25) is 5.02 Å². The molecule has 0 aromatic heterocycles. The first-order valence-electron chi connectivity index (χ1n) is 3.23. The molecule has 0 N–H and O–H groups in total. The van der Waals surface area contributed by atoms with Crippen molar-refractivity contribution in [1.29, 1.82) is 5.26 Å². The molecule has 74 valence electrons.